The minimum absolute atomic E-state index is 0.360. The fourth-order valence-corrected chi connectivity index (χ4v) is 6.54. The molecule has 3 atom stereocenters. The minimum Gasteiger partial charge on any atom is -0.394 e. The third-order valence-electron chi connectivity index (χ3n) is 9.88. The van der Waals surface area contributed by atoms with Crippen LogP contribution in [-0.2, 0) is 4.79 Å². The largest absolute Gasteiger partial charge is 0.394 e. The molecule has 0 aromatic heterocycles. The average Bonchev–Trinajstić information content (AvgIpc) is 3.07. The molecule has 0 heterocycles. The van der Waals surface area contributed by atoms with Crippen LogP contribution in [0.15, 0.2) is 12.2 Å². The van der Waals surface area contributed by atoms with Crippen LogP contribution in [-0.4, -0.2) is 46.1 Å². The van der Waals surface area contributed by atoms with Gasteiger partial charge in [-0.15, -0.1) is 0 Å². The maximum atomic E-state index is 12.4. The Balaban J connectivity index is 3.60. The van der Waals surface area contributed by atoms with Gasteiger partial charge in [-0.2, -0.15) is 0 Å². The number of hydrogen-bond donors (Lipinski definition) is 4. The molecule has 0 saturated heterocycles. The number of aliphatic hydroxyl groups excluding tert-OH is 3. The number of rotatable bonds is 38. The van der Waals surface area contributed by atoms with Gasteiger partial charge in [0.1, 0.15) is 6.10 Å². The van der Waals surface area contributed by atoms with E-state index in [0.29, 0.717) is 6.42 Å². The van der Waals surface area contributed by atoms with Crippen LogP contribution < -0.4 is 5.32 Å². The predicted molar refractivity (Wildman–Crippen MR) is 204 cm³/mol. The van der Waals surface area contributed by atoms with Crippen molar-refractivity contribution in [3.8, 4) is 0 Å². The number of carbonyl (C=O) groups excluding carboxylic acids is 1. The summed E-state index contributed by atoms with van der Waals surface area (Å²) in [5.41, 5.74) is 0. The van der Waals surface area contributed by atoms with Crippen LogP contribution in [0.3, 0.4) is 0 Å². The van der Waals surface area contributed by atoms with E-state index in [2.05, 4.69) is 19.2 Å². The Morgan fingerprint density at radius 2 is 0.830 bits per heavy atom. The molecule has 0 saturated carbocycles. The Morgan fingerprint density at radius 3 is 1.17 bits per heavy atom. The number of nitrogens with one attached hydrogen (secondary N) is 1. The van der Waals surface area contributed by atoms with Gasteiger partial charge >= 0.3 is 0 Å². The van der Waals surface area contributed by atoms with Crippen LogP contribution in [0.2, 0.25) is 0 Å². The molecule has 0 aromatic rings. The second kappa shape index (κ2) is 37.9. The van der Waals surface area contributed by atoms with E-state index in [0.717, 1.165) is 32.1 Å². The van der Waals surface area contributed by atoms with Gasteiger partial charge in [0.2, 0.25) is 5.91 Å². The summed E-state index contributed by atoms with van der Waals surface area (Å²) in [5.74, 6) is -0.503. The third kappa shape index (κ3) is 33.4. The van der Waals surface area contributed by atoms with Gasteiger partial charge < -0.3 is 20.6 Å². The highest BCUT2D eigenvalue weighted by atomic mass is 16.3. The first-order valence-corrected chi connectivity index (χ1v) is 21.0. The van der Waals surface area contributed by atoms with E-state index >= 15 is 0 Å². The maximum Gasteiger partial charge on any atom is 0.249 e. The fraction of sp³-hybridized carbons (Fsp3) is 0.929. The number of amides is 1. The van der Waals surface area contributed by atoms with Gasteiger partial charge in [-0.3, -0.25) is 4.79 Å². The number of unbranched alkanes of at least 4 members (excludes halogenated alkanes) is 30. The van der Waals surface area contributed by atoms with Crippen LogP contribution >= 0.6 is 0 Å². The summed E-state index contributed by atoms with van der Waals surface area (Å²) < 4.78 is 0. The Morgan fingerprint density at radius 1 is 0.511 bits per heavy atom. The van der Waals surface area contributed by atoms with Gasteiger partial charge in [0.25, 0.3) is 0 Å². The first-order valence-electron chi connectivity index (χ1n) is 21.0. The summed E-state index contributed by atoms with van der Waals surface area (Å²) in [4.78, 5) is 12.4. The summed E-state index contributed by atoms with van der Waals surface area (Å²) in [6.07, 6.45) is 43.9. The smallest absolute Gasteiger partial charge is 0.249 e. The predicted octanol–water partition coefficient (Wildman–Crippen LogP) is 11.7. The molecule has 0 aliphatic heterocycles. The Kier molecular flexibility index (Phi) is 37.2. The van der Waals surface area contributed by atoms with E-state index in [-0.39, 0.29) is 6.61 Å². The number of aliphatic hydroxyl groups is 3. The summed E-state index contributed by atoms with van der Waals surface area (Å²) in [5, 5.41) is 33.0. The van der Waals surface area contributed by atoms with Crippen LogP contribution in [0.25, 0.3) is 0 Å². The fourth-order valence-electron chi connectivity index (χ4n) is 6.54. The summed E-state index contributed by atoms with van der Waals surface area (Å²) in [7, 11) is 0. The zero-order valence-electron chi connectivity index (χ0n) is 31.7. The standard InChI is InChI=1S/C42H83NO4/c1-3-5-7-9-11-13-15-16-17-18-19-20-21-22-23-24-25-26-27-29-30-32-34-36-40(45)39(38-44)43-42(47)41(46)37-35-33-31-28-14-12-10-8-6-4-2/h34,36,39-41,44-46H,3-33,35,37-38H2,1-2H3,(H,43,47)/b36-34+. The van der Waals surface area contributed by atoms with E-state index in [1.165, 1.54) is 173 Å². The molecule has 0 aromatic carbocycles. The molecule has 4 N–H and O–H groups in total. The van der Waals surface area contributed by atoms with Crippen LogP contribution in [0.1, 0.15) is 226 Å². The van der Waals surface area contributed by atoms with Gasteiger partial charge in [0.15, 0.2) is 0 Å². The van der Waals surface area contributed by atoms with Crippen LogP contribution in [0.5, 0.6) is 0 Å². The highest BCUT2D eigenvalue weighted by molar-refractivity contribution is 5.80. The molecule has 5 nitrogen and oxygen atoms in total. The highest BCUT2D eigenvalue weighted by Gasteiger charge is 2.22. The van der Waals surface area contributed by atoms with Gasteiger partial charge in [-0.1, -0.05) is 219 Å². The third-order valence-corrected chi connectivity index (χ3v) is 9.88. The zero-order valence-corrected chi connectivity index (χ0v) is 31.7. The first-order chi connectivity index (χ1) is 23.1. The molecule has 0 aliphatic rings. The molecular weight excluding hydrogens is 582 g/mol. The van der Waals surface area contributed by atoms with Gasteiger partial charge in [-0.05, 0) is 19.3 Å². The molecule has 280 valence electrons. The van der Waals surface area contributed by atoms with Crippen molar-refractivity contribution in [1.29, 1.82) is 0 Å². The average molecular weight is 666 g/mol. The van der Waals surface area contributed by atoms with Crippen molar-refractivity contribution in [2.24, 2.45) is 0 Å². The van der Waals surface area contributed by atoms with Gasteiger partial charge in [0.05, 0.1) is 18.8 Å². The Labute approximate surface area is 293 Å². The molecule has 1 amide bonds. The van der Waals surface area contributed by atoms with E-state index in [4.69, 9.17) is 0 Å². The minimum atomic E-state index is -1.09. The Bertz CT molecular complexity index is 655. The summed E-state index contributed by atoms with van der Waals surface area (Å²) in [6.45, 7) is 4.17. The van der Waals surface area contributed by atoms with Crippen molar-refractivity contribution < 1.29 is 20.1 Å². The monoisotopic (exact) mass is 666 g/mol. The topological polar surface area (TPSA) is 89.8 Å². The zero-order chi connectivity index (χ0) is 34.5. The van der Waals surface area contributed by atoms with Crippen molar-refractivity contribution in [3.05, 3.63) is 12.2 Å². The number of allylic oxidation sites excluding steroid dienone is 1. The lowest BCUT2D eigenvalue weighted by Crippen LogP contribution is -2.48. The molecule has 0 fully saturated rings. The molecule has 0 aliphatic carbocycles. The molecule has 0 spiro atoms. The first kappa shape index (κ1) is 46.1. The number of hydrogen-bond acceptors (Lipinski definition) is 4. The maximum absolute atomic E-state index is 12.4. The summed E-state index contributed by atoms with van der Waals surface area (Å²) >= 11 is 0. The molecule has 0 radical (unpaired) electrons. The van der Waals surface area contributed by atoms with Crippen molar-refractivity contribution in [2.75, 3.05) is 6.61 Å². The SMILES string of the molecule is CCCCCCCCCCCCCCCCCCCCCCC/C=C/C(O)C(CO)NC(=O)C(O)CCCCCCCCCCCC. The van der Waals surface area contributed by atoms with Crippen molar-refractivity contribution >= 4 is 5.91 Å². The molecular formula is C42H83NO4. The molecule has 5 heteroatoms. The molecule has 0 bridgehead atoms. The van der Waals surface area contributed by atoms with Crippen molar-refractivity contribution in [3.63, 3.8) is 0 Å². The Hall–Kier alpha value is -0.910. The van der Waals surface area contributed by atoms with Crippen LogP contribution in [0.4, 0.5) is 0 Å². The van der Waals surface area contributed by atoms with E-state index in [1.54, 1.807) is 6.08 Å². The van der Waals surface area contributed by atoms with Gasteiger partial charge in [-0.25, -0.2) is 0 Å². The lowest BCUT2D eigenvalue weighted by molar-refractivity contribution is -0.131. The lowest BCUT2D eigenvalue weighted by Gasteiger charge is -2.21. The summed E-state index contributed by atoms with van der Waals surface area (Å²) in [6, 6.07) is -0.791. The van der Waals surface area contributed by atoms with Crippen molar-refractivity contribution in [2.45, 2.75) is 244 Å². The van der Waals surface area contributed by atoms with Crippen LogP contribution in [0, 0.1) is 0 Å². The second-order valence-corrected chi connectivity index (χ2v) is 14.6. The van der Waals surface area contributed by atoms with Crippen molar-refractivity contribution in [1.82, 2.24) is 5.32 Å². The number of carbonyl (C=O) groups is 1. The van der Waals surface area contributed by atoms with Gasteiger partial charge in [0, 0.05) is 0 Å². The molecule has 47 heavy (non-hydrogen) atoms. The molecule has 3 unspecified atom stereocenters. The normalized spacial score (nSPS) is 13.7. The van der Waals surface area contributed by atoms with E-state index < -0.39 is 24.2 Å². The second-order valence-electron chi connectivity index (χ2n) is 14.6. The lowest BCUT2D eigenvalue weighted by atomic mass is 10.0. The van der Waals surface area contributed by atoms with E-state index in [1.807, 2.05) is 6.08 Å². The molecule has 0 rings (SSSR count). The quantitative estimate of drug-likeness (QED) is 0.0390. The highest BCUT2D eigenvalue weighted by Crippen LogP contribution is 2.16. The van der Waals surface area contributed by atoms with E-state index in [9.17, 15) is 20.1 Å².